The Morgan fingerprint density at radius 2 is 1.91 bits per heavy atom. The van der Waals surface area contributed by atoms with E-state index in [0.717, 1.165) is 0 Å². The maximum absolute atomic E-state index is 13.1. The molecule has 5 heteroatoms. The molecule has 1 aromatic carbocycles. The van der Waals surface area contributed by atoms with Gasteiger partial charge in [0.2, 0.25) is 5.43 Å². The fourth-order valence-corrected chi connectivity index (χ4v) is 2.43. The van der Waals surface area contributed by atoms with Gasteiger partial charge in [0.25, 0.3) is 0 Å². The highest BCUT2D eigenvalue weighted by molar-refractivity contribution is 5.96. The van der Waals surface area contributed by atoms with Crippen molar-refractivity contribution < 1.29 is 13.9 Å². The van der Waals surface area contributed by atoms with E-state index in [1.165, 1.54) is 31.2 Å². The minimum atomic E-state index is -0.377. The lowest BCUT2D eigenvalue weighted by Crippen LogP contribution is -2.22. The number of aromatic amines is 1. The summed E-state index contributed by atoms with van der Waals surface area (Å²) in [6, 6.07) is 5.63. The van der Waals surface area contributed by atoms with Crippen molar-refractivity contribution in [3.63, 3.8) is 0 Å². The molecule has 1 heterocycles. The summed E-state index contributed by atoms with van der Waals surface area (Å²) in [6.45, 7) is 5.60. The Hall–Kier alpha value is -2.27. The number of nitrogens with one attached hydrogen (secondary N) is 1. The van der Waals surface area contributed by atoms with Crippen molar-refractivity contribution in [3.8, 4) is 11.1 Å². The number of hydrogen-bond donors (Lipinski definition) is 1. The van der Waals surface area contributed by atoms with Crippen LogP contribution in [0.15, 0.2) is 29.1 Å². The minimum Gasteiger partial charge on any atom is -0.376 e. The number of aryl methyl sites for hydroxylation is 1. The minimum absolute atomic E-state index is 0.0957. The van der Waals surface area contributed by atoms with Gasteiger partial charge in [0, 0.05) is 17.9 Å². The fourth-order valence-electron chi connectivity index (χ4n) is 2.43. The van der Waals surface area contributed by atoms with E-state index in [1.807, 2.05) is 6.92 Å². The van der Waals surface area contributed by atoms with Crippen molar-refractivity contribution >= 4 is 5.78 Å². The lowest BCUT2D eigenvalue weighted by molar-refractivity contribution is 0.0998. The van der Waals surface area contributed by atoms with Crippen LogP contribution in [0.25, 0.3) is 11.1 Å². The number of pyridine rings is 1. The van der Waals surface area contributed by atoms with Gasteiger partial charge in [-0.2, -0.15) is 0 Å². The van der Waals surface area contributed by atoms with Crippen LogP contribution >= 0.6 is 0 Å². The highest BCUT2D eigenvalue weighted by atomic mass is 19.1. The molecule has 0 saturated carbocycles. The van der Waals surface area contributed by atoms with Gasteiger partial charge in [-0.05, 0) is 38.5 Å². The first-order chi connectivity index (χ1) is 10.5. The molecule has 0 amide bonds. The summed E-state index contributed by atoms with van der Waals surface area (Å²) in [5, 5.41) is 0. The van der Waals surface area contributed by atoms with E-state index < -0.39 is 0 Å². The Morgan fingerprint density at radius 3 is 2.45 bits per heavy atom. The lowest BCUT2D eigenvalue weighted by Gasteiger charge is -2.13. The van der Waals surface area contributed by atoms with E-state index in [2.05, 4.69) is 4.98 Å². The van der Waals surface area contributed by atoms with Gasteiger partial charge in [0.15, 0.2) is 5.78 Å². The molecule has 0 spiro atoms. The molecule has 0 unspecified atom stereocenters. The molecular weight excluding hydrogens is 285 g/mol. The molecule has 4 nitrogen and oxygen atoms in total. The van der Waals surface area contributed by atoms with Crippen LogP contribution in [0.1, 0.15) is 35.6 Å². The van der Waals surface area contributed by atoms with Crippen molar-refractivity contribution in [3.05, 3.63) is 57.3 Å². The molecule has 22 heavy (non-hydrogen) atoms. The molecule has 1 N–H and O–H groups in total. The second-order valence-corrected chi connectivity index (χ2v) is 5.01. The number of rotatable bonds is 5. The number of ketones is 1. The smallest absolute Gasteiger partial charge is 0.200 e. The van der Waals surface area contributed by atoms with Gasteiger partial charge in [-0.25, -0.2) is 4.39 Å². The van der Waals surface area contributed by atoms with Crippen molar-refractivity contribution in [1.29, 1.82) is 0 Å². The van der Waals surface area contributed by atoms with Crippen LogP contribution in [0.5, 0.6) is 0 Å². The predicted octanol–water partition coefficient (Wildman–Crippen LogP) is 3.23. The SMILES string of the molecule is CCOCc1[nH]c(C)c(-c2ccc(F)cc2)c(=O)c1C(C)=O. The van der Waals surface area contributed by atoms with E-state index in [1.54, 1.807) is 6.92 Å². The quantitative estimate of drug-likeness (QED) is 0.863. The van der Waals surface area contributed by atoms with Crippen LogP contribution in [-0.4, -0.2) is 17.4 Å². The van der Waals surface area contributed by atoms with Crippen molar-refractivity contribution in [1.82, 2.24) is 4.98 Å². The number of benzene rings is 1. The Kier molecular flexibility index (Phi) is 4.88. The maximum atomic E-state index is 13.1. The fraction of sp³-hybridized carbons (Fsp3) is 0.294. The zero-order valence-electron chi connectivity index (χ0n) is 12.8. The largest absolute Gasteiger partial charge is 0.376 e. The molecule has 0 aliphatic carbocycles. The third-order valence-electron chi connectivity index (χ3n) is 3.40. The van der Waals surface area contributed by atoms with Crippen LogP contribution in [0, 0.1) is 12.7 Å². The van der Waals surface area contributed by atoms with Crippen molar-refractivity contribution in [2.45, 2.75) is 27.4 Å². The van der Waals surface area contributed by atoms with Crippen LogP contribution in [0.4, 0.5) is 4.39 Å². The molecule has 2 rings (SSSR count). The first-order valence-corrected chi connectivity index (χ1v) is 7.06. The van der Waals surface area contributed by atoms with Gasteiger partial charge in [-0.15, -0.1) is 0 Å². The summed E-state index contributed by atoms with van der Waals surface area (Å²) in [5.74, 6) is -0.697. The summed E-state index contributed by atoms with van der Waals surface area (Å²) in [4.78, 5) is 27.6. The van der Waals surface area contributed by atoms with Crippen LogP contribution < -0.4 is 5.43 Å². The summed E-state index contributed by atoms with van der Waals surface area (Å²) in [7, 11) is 0. The van der Waals surface area contributed by atoms with E-state index in [-0.39, 0.29) is 29.2 Å². The Labute approximate surface area is 127 Å². The van der Waals surface area contributed by atoms with Crippen LogP contribution in [0.2, 0.25) is 0 Å². The van der Waals surface area contributed by atoms with E-state index in [0.29, 0.717) is 29.1 Å². The second-order valence-electron chi connectivity index (χ2n) is 5.01. The number of ether oxygens (including phenoxy) is 1. The number of hydrogen-bond acceptors (Lipinski definition) is 3. The predicted molar refractivity (Wildman–Crippen MR) is 82.5 cm³/mol. The van der Waals surface area contributed by atoms with Gasteiger partial charge in [-0.3, -0.25) is 9.59 Å². The summed E-state index contributed by atoms with van der Waals surface area (Å²) in [6.07, 6.45) is 0. The molecule has 0 aliphatic heterocycles. The third-order valence-corrected chi connectivity index (χ3v) is 3.40. The molecule has 0 saturated heterocycles. The molecule has 0 fully saturated rings. The summed E-state index contributed by atoms with van der Waals surface area (Å²) >= 11 is 0. The monoisotopic (exact) mass is 303 g/mol. The van der Waals surface area contributed by atoms with E-state index in [9.17, 15) is 14.0 Å². The first kappa shape index (κ1) is 16.1. The first-order valence-electron chi connectivity index (χ1n) is 7.06. The molecule has 0 bridgehead atoms. The Morgan fingerprint density at radius 1 is 1.27 bits per heavy atom. The van der Waals surface area contributed by atoms with Gasteiger partial charge in [0.05, 0.1) is 17.9 Å². The molecule has 1 aromatic heterocycles. The molecule has 116 valence electrons. The molecule has 2 aromatic rings. The number of H-pyrrole nitrogens is 1. The topological polar surface area (TPSA) is 59.2 Å². The van der Waals surface area contributed by atoms with Gasteiger partial charge >= 0.3 is 0 Å². The maximum Gasteiger partial charge on any atom is 0.200 e. The normalized spacial score (nSPS) is 10.7. The summed E-state index contributed by atoms with van der Waals surface area (Å²) in [5.41, 5.74) is 1.79. The molecular formula is C17H18FNO3. The number of halogens is 1. The molecule has 0 aliphatic rings. The average Bonchev–Trinajstić information content (AvgIpc) is 2.46. The number of carbonyl (C=O) groups is 1. The zero-order valence-corrected chi connectivity index (χ0v) is 12.8. The number of aromatic nitrogens is 1. The Bertz CT molecular complexity index is 748. The lowest BCUT2D eigenvalue weighted by atomic mass is 9.98. The third kappa shape index (κ3) is 3.14. The van der Waals surface area contributed by atoms with Crippen molar-refractivity contribution in [2.24, 2.45) is 0 Å². The highest BCUT2D eigenvalue weighted by Crippen LogP contribution is 2.21. The van der Waals surface area contributed by atoms with Gasteiger partial charge in [0.1, 0.15) is 5.82 Å². The van der Waals surface area contributed by atoms with Gasteiger partial charge in [-0.1, -0.05) is 12.1 Å². The number of carbonyl (C=O) groups excluding carboxylic acids is 1. The standard InChI is InChI=1S/C17H18FNO3/c1-4-22-9-14-16(11(3)20)17(21)15(10(2)19-14)12-5-7-13(18)8-6-12/h5-8H,4,9H2,1-3H3,(H,19,21). The average molecular weight is 303 g/mol. The van der Waals surface area contributed by atoms with E-state index >= 15 is 0 Å². The summed E-state index contributed by atoms with van der Waals surface area (Å²) < 4.78 is 18.4. The Balaban J connectivity index is 2.66. The van der Waals surface area contributed by atoms with Crippen LogP contribution in [0.3, 0.4) is 0 Å². The zero-order chi connectivity index (χ0) is 16.3. The van der Waals surface area contributed by atoms with Crippen molar-refractivity contribution in [2.75, 3.05) is 6.61 Å². The highest BCUT2D eigenvalue weighted by Gasteiger charge is 2.19. The number of Topliss-reactive ketones (excluding diaryl/α,β-unsaturated/α-hetero) is 1. The van der Waals surface area contributed by atoms with Gasteiger partial charge < -0.3 is 9.72 Å². The van der Waals surface area contributed by atoms with E-state index in [4.69, 9.17) is 4.74 Å². The molecule has 0 atom stereocenters. The second kappa shape index (κ2) is 6.66. The molecule has 0 radical (unpaired) electrons. The van der Waals surface area contributed by atoms with Crippen LogP contribution in [-0.2, 0) is 11.3 Å².